The molecule has 52 heavy (non-hydrogen) atoms. The Morgan fingerprint density at radius 1 is 1.10 bits per heavy atom. The van der Waals surface area contributed by atoms with Crippen molar-refractivity contribution in [3.05, 3.63) is 41.5 Å². The minimum absolute atomic E-state index is 0.0299. The monoisotopic (exact) mass is 713 g/mol. The number of phenols is 1. The second-order valence-corrected chi connectivity index (χ2v) is 15.4. The van der Waals surface area contributed by atoms with E-state index in [9.17, 15) is 5.11 Å². The van der Waals surface area contributed by atoms with Crippen molar-refractivity contribution in [2.24, 2.45) is 10.6 Å². The van der Waals surface area contributed by atoms with Crippen LogP contribution in [0.15, 0.2) is 29.4 Å². The Balaban J connectivity index is 1.14. The summed E-state index contributed by atoms with van der Waals surface area (Å²) < 4.78 is 45.6. The minimum Gasteiger partial charge on any atom is -0.508 e. The molecule has 1 saturated carbocycles. The van der Waals surface area contributed by atoms with Crippen LogP contribution in [0.3, 0.4) is 0 Å². The minimum atomic E-state index is -0.697. The molecule has 11 nitrogen and oxygen atoms in total. The van der Waals surface area contributed by atoms with Crippen LogP contribution in [-0.4, -0.2) is 94.8 Å². The van der Waals surface area contributed by atoms with Crippen LogP contribution in [0.25, 0.3) is 32.9 Å². The Morgan fingerprint density at radius 3 is 2.77 bits per heavy atom. The fraction of sp³-hybridized carbons (Fsp3) is 0.538. The van der Waals surface area contributed by atoms with Gasteiger partial charge in [-0.1, -0.05) is 18.1 Å². The largest absolute Gasteiger partial charge is 0.508 e. The van der Waals surface area contributed by atoms with Crippen molar-refractivity contribution >= 4 is 33.2 Å². The van der Waals surface area contributed by atoms with Crippen molar-refractivity contribution < 1.29 is 28.2 Å². The fourth-order valence-electron chi connectivity index (χ4n) is 9.19. The normalized spacial score (nSPS) is 25.9. The molecule has 5 aliphatic rings. The molecule has 2 bridgehead atoms. The van der Waals surface area contributed by atoms with E-state index in [0.717, 1.165) is 70.3 Å². The van der Waals surface area contributed by atoms with Gasteiger partial charge in [-0.25, -0.2) is 13.8 Å². The number of piperazine rings is 1. The lowest BCUT2D eigenvalue weighted by Gasteiger charge is -2.42. The van der Waals surface area contributed by atoms with Gasteiger partial charge in [0, 0.05) is 49.1 Å². The van der Waals surface area contributed by atoms with Crippen molar-refractivity contribution in [2.75, 3.05) is 44.8 Å². The van der Waals surface area contributed by atoms with E-state index in [0.29, 0.717) is 47.1 Å². The molecule has 3 saturated heterocycles. The number of rotatable bonds is 8. The third-order valence-electron chi connectivity index (χ3n) is 11.9. The number of likely N-dealkylation sites (tertiary alicyclic amines) is 1. The average Bonchev–Trinajstić information content (AvgIpc) is 3.87. The van der Waals surface area contributed by atoms with Crippen molar-refractivity contribution in [2.45, 2.75) is 89.4 Å². The van der Waals surface area contributed by atoms with E-state index < -0.39 is 11.6 Å². The molecular formula is C39H45F2N7O4. The molecule has 2 aromatic heterocycles. The molecule has 1 aliphatic carbocycles. The van der Waals surface area contributed by atoms with Gasteiger partial charge in [0.05, 0.1) is 18.4 Å². The summed E-state index contributed by atoms with van der Waals surface area (Å²) in [4.78, 5) is 24.4. The van der Waals surface area contributed by atoms with Crippen molar-refractivity contribution in [3.63, 3.8) is 0 Å². The Kier molecular flexibility index (Phi) is 8.33. The molecule has 4 fully saturated rings. The Bertz CT molecular complexity index is 2090. The molecule has 2 aromatic carbocycles. The summed E-state index contributed by atoms with van der Waals surface area (Å²) in [6, 6.07) is 6.46. The number of anilines is 1. The predicted octanol–water partition coefficient (Wildman–Crippen LogP) is 6.13. The van der Waals surface area contributed by atoms with Crippen LogP contribution < -0.4 is 19.7 Å². The van der Waals surface area contributed by atoms with Gasteiger partial charge in [-0.15, -0.1) is 0 Å². The number of nitrogens with one attached hydrogen (secondary N) is 1. The highest BCUT2D eigenvalue weighted by molar-refractivity contribution is 6.03. The molecule has 0 unspecified atom stereocenters. The molecule has 4 aliphatic heterocycles. The zero-order valence-electron chi connectivity index (χ0n) is 29.9. The number of fused-ring (bicyclic) bond motifs is 6. The summed E-state index contributed by atoms with van der Waals surface area (Å²) in [5, 5.41) is 20.2. The van der Waals surface area contributed by atoms with E-state index in [2.05, 4.69) is 20.3 Å². The Hall–Kier alpha value is -4.36. The number of nitrogens with zero attached hydrogens (tertiary/aromatic N) is 6. The summed E-state index contributed by atoms with van der Waals surface area (Å²) in [6.07, 6.45) is 7.02. The number of oxime groups is 1. The van der Waals surface area contributed by atoms with E-state index in [4.69, 9.17) is 29.3 Å². The molecule has 4 aromatic rings. The molecule has 274 valence electrons. The number of phenolic OH excluding ortho intramolecular Hbond substituents is 1. The summed E-state index contributed by atoms with van der Waals surface area (Å²) in [6.45, 7) is 7.78. The van der Waals surface area contributed by atoms with E-state index in [-0.39, 0.29) is 64.1 Å². The fourth-order valence-corrected chi connectivity index (χ4v) is 9.19. The van der Waals surface area contributed by atoms with Gasteiger partial charge in [-0.3, -0.25) is 0 Å². The molecular weight excluding hydrogens is 668 g/mol. The van der Waals surface area contributed by atoms with Crippen LogP contribution in [0, 0.1) is 17.0 Å². The second kappa shape index (κ2) is 12.9. The summed E-state index contributed by atoms with van der Waals surface area (Å²) in [5.74, 6) is -0.399. The number of aryl methyl sites for hydroxylation is 1. The topological polar surface area (TPSA) is 117 Å². The standard InChI is InChI=1S/C39H45F2N7O4/c1-4-26-28(40)9-7-22-16-25(49)17-27(30(22)26)33-32(41)34-31-36(48-18-24-8-10-29(42-24)35(48)21(2)52-37(31)43-33)45-38(44-34)51-20-39(12-13-39)19-47-14-5-6-23(11-15-47)46-50-3/h7,9,16-17,21,24,29,35,42,49H,4-6,8,10-15,18-20H2,1-3H3/t21-,24+,29-,35+/m0/s1. The first-order valence-electron chi connectivity index (χ1n) is 18.7. The lowest BCUT2D eigenvalue weighted by atomic mass is 9.94. The predicted molar refractivity (Wildman–Crippen MR) is 194 cm³/mol. The Morgan fingerprint density at radius 2 is 1.96 bits per heavy atom. The molecule has 13 heteroatoms. The number of aromatic nitrogens is 3. The maximum atomic E-state index is 17.3. The zero-order valence-corrected chi connectivity index (χ0v) is 29.9. The van der Waals surface area contributed by atoms with Gasteiger partial charge in [0.25, 0.3) is 0 Å². The highest BCUT2D eigenvalue weighted by Crippen LogP contribution is 2.48. The van der Waals surface area contributed by atoms with Crippen LogP contribution in [0.1, 0.15) is 64.4 Å². The zero-order chi connectivity index (χ0) is 35.7. The highest BCUT2D eigenvalue weighted by Gasteiger charge is 2.48. The number of pyridine rings is 1. The molecule has 4 atom stereocenters. The van der Waals surface area contributed by atoms with Crippen LogP contribution in [-0.2, 0) is 11.3 Å². The Labute approximate surface area is 301 Å². The number of halogens is 2. The van der Waals surface area contributed by atoms with E-state index >= 15 is 8.78 Å². The maximum absolute atomic E-state index is 17.3. The van der Waals surface area contributed by atoms with Gasteiger partial charge in [0.2, 0.25) is 5.88 Å². The van der Waals surface area contributed by atoms with Crippen LogP contribution in [0.4, 0.5) is 14.6 Å². The third kappa shape index (κ3) is 5.76. The second-order valence-electron chi connectivity index (χ2n) is 15.4. The van der Waals surface area contributed by atoms with Crippen molar-refractivity contribution in [1.82, 2.24) is 25.2 Å². The molecule has 0 amide bonds. The first kappa shape index (κ1) is 33.5. The summed E-state index contributed by atoms with van der Waals surface area (Å²) in [7, 11) is 1.60. The average molecular weight is 714 g/mol. The maximum Gasteiger partial charge on any atom is 0.319 e. The lowest BCUT2D eigenvalue weighted by Crippen LogP contribution is -2.62. The summed E-state index contributed by atoms with van der Waals surface area (Å²) >= 11 is 0. The van der Waals surface area contributed by atoms with E-state index in [1.165, 1.54) is 12.1 Å². The van der Waals surface area contributed by atoms with Gasteiger partial charge < -0.3 is 34.5 Å². The van der Waals surface area contributed by atoms with Crippen LogP contribution >= 0.6 is 0 Å². The number of ether oxygens (including phenoxy) is 2. The van der Waals surface area contributed by atoms with Crippen LogP contribution in [0.5, 0.6) is 17.6 Å². The first-order chi connectivity index (χ1) is 25.2. The van der Waals surface area contributed by atoms with E-state index in [1.807, 2.05) is 13.8 Å². The third-order valence-corrected chi connectivity index (χ3v) is 11.9. The van der Waals surface area contributed by atoms with Gasteiger partial charge in [-0.2, -0.15) is 9.97 Å². The van der Waals surface area contributed by atoms with Crippen molar-refractivity contribution in [1.29, 1.82) is 0 Å². The molecule has 0 radical (unpaired) electrons. The van der Waals surface area contributed by atoms with Gasteiger partial charge in [0.1, 0.15) is 47.2 Å². The number of hydrogen-bond donors (Lipinski definition) is 2. The lowest BCUT2D eigenvalue weighted by molar-refractivity contribution is 0.153. The SMILES string of the molecule is CCc1c(F)ccc2cc(O)cc(-c3nc4c5c(nc(OCC6(CN7CCCC(=NOC)CC7)CC6)nc5c3F)N3C[C@H]5CC[C@H](N5)[C@H]3[C@H](C)O4)c12. The quantitative estimate of drug-likeness (QED) is 0.207. The smallest absolute Gasteiger partial charge is 0.319 e. The molecule has 2 N–H and O–H groups in total. The summed E-state index contributed by atoms with van der Waals surface area (Å²) in [5.41, 5.74) is 1.73. The number of benzene rings is 2. The first-order valence-corrected chi connectivity index (χ1v) is 18.7. The molecule has 6 heterocycles. The van der Waals surface area contributed by atoms with Gasteiger partial charge in [-0.05, 0) is 92.9 Å². The molecule has 0 spiro atoms. The van der Waals surface area contributed by atoms with Gasteiger partial charge in [0.15, 0.2) is 5.82 Å². The van der Waals surface area contributed by atoms with Gasteiger partial charge >= 0.3 is 6.01 Å². The van der Waals surface area contributed by atoms with E-state index in [1.54, 1.807) is 19.2 Å². The van der Waals surface area contributed by atoms with Crippen molar-refractivity contribution in [3.8, 4) is 28.9 Å². The molecule has 9 rings (SSSR count). The van der Waals surface area contributed by atoms with Crippen LogP contribution in [0.2, 0.25) is 0 Å². The number of aromatic hydroxyl groups is 1. The highest BCUT2D eigenvalue weighted by atomic mass is 19.1. The number of hydrogen-bond acceptors (Lipinski definition) is 11.